The van der Waals surface area contributed by atoms with Gasteiger partial charge in [-0.05, 0) is 22.0 Å². The Morgan fingerprint density at radius 2 is 2.14 bits per heavy atom. The Bertz CT molecular complexity index is 381. The fourth-order valence-electron chi connectivity index (χ4n) is 0.845. The van der Waals surface area contributed by atoms with E-state index in [9.17, 15) is 19.3 Å². The van der Waals surface area contributed by atoms with E-state index in [2.05, 4.69) is 15.9 Å². The zero-order valence-electron chi connectivity index (χ0n) is 6.53. The fourth-order valence-corrected chi connectivity index (χ4v) is 1.34. The second-order valence-electron chi connectivity index (χ2n) is 2.32. The molecule has 0 aliphatic rings. The molecule has 0 aliphatic heterocycles. The van der Waals surface area contributed by atoms with Crippen molar-refractivity contribution >= 4 is 27.6 Å². The average molecular weight is 264 g/mol. The van der Waals surface area contributed by atoms with Crippen molar-refractivity contribution in [1.82, 2.24) is 0 Å². The van der Waals surface area contributed by atoms with Crippen LogP contribution in [-0.4, -0.2) is 16.0 Å². The molecule has 5 nitrogen and oxygen atoms in total. The molecular weight excluding hydrogens is 261 g/mol. The van der Waals surface area contributed by atoms with Crippen LogP contribution in [-0.2, 0) is 0 Å². The Kier molecular flexibility index (Phi) is 2.80. The summed E-state index contributed by atoms with van der Waals surface area (Å²) in [5, 5.41) is 18.8. The summed E-state index contributed by atoms with van der Waals surface area (Å²) < 4.78 is 12.7. The van der Waals surface area contributed by atoms with E-state index in [1.165, 1.54) is 0 Å². The van der Waals surface area contributed by atoms with E-state index in [0.717, 1.165) is 12.1 Å². The Morgan fingerprint density at radius 1 is 1.57 bits per heavy atom. The van der Waals surface area contributed by atoms with E-state index < -0.39 is 32.4 Å². The molecule has 0 bridgehead atoms. The molecule has 0 aromatic heterocycles. The maximum absolute atomic E-state index is 13.1. The number of aromatic carboxylic acids is 1. The molecule has 1 N–H and O–H groups in total. The summed E-state index contributed by atoms with van der Waals surface area (Å²) in [5.41, 5.74) is -1.12. The summed E-state index contributed by atoms with van der Waals surface area (Å²) in [5.74, 6) is -2.62. The highest BCUT2D eigenvalue weighted by atomic mass is 79.9. The molecular formula is C7H3BrFNO4. The van der Waals surface area contributed by atoms with E-state index in [-0.39, 0.29) is 0 Å². The normalized spacial score (nSPS) is 9.86. The third-order valence-electron chi connectivity index (χ3n) is 1.49. The van der Waals surface area contributed by atoms with E-state index in [4.69, 9.17) is 5.11 Å². The van der Waals surface area contributed by atoms with Crippen LogP contribution in [0.15, 0.2) is 16.6 Å². The Hall–Kier alpha value is -1.50. The number of nitro groups is 1. The van der Waals surface area contributed by atoms with E-state index in [1.807, 2.05) is 0 Å². The first kappa shape index (κ1) is 10.6. The van der Waals surface area contributed by atoms with Gasteiger partial charge in [0.1, 0.15) is 4.47 Å². The lowest BCUT2D eigenvalue weighted by Crippen LogP contribution is -2.02. The van der Waals surface area contributed by atoms with Crippen LogP contribution >= 0.6 is 15.9 Å². The molecule has 1 aromatic rings. The van der Waals surface area contributed by atoms with Crippen LogP contribution < -0.4 is 0 Å². The minimum Gasteiger partial charge on any atom is -0.478 e. The van der Waals surface area contributed by atoms with E-state index >= 15 is 0 Å². The molecule has 0 saturated carbocycles. The molecule has 0 heterocycles. The number of halogens is 2. The van der Waals surface area contributed by atoms with Gasteiger partial charge in [0, 0.05) is 6.07 Å². The van der Waals surface area contributed by atoms with Crippen molar-refractivity contribution < 1.29 is 19.2 Å². The summed E-state index contributed by atoms with van der Waals surface area (Å²) >= 11 is 2.62. The van der Waals surface area contributed by atoms with Crippen molar-refractivity contribution in [3.8, 4) is 0 Å². The number of carboxylic acid groups (broad SMARTS) is 1. The number of nitro benzene ring substituents is 1. The third-order valence-corrected chi connectivity index (χ3v) is 2.24. The number of nitrogens with zero attached hydrogens (tertiary/aromatic N) is 1. The van der Waals surface area contributed by atoms with Gasteiger partial charge >= 0.3 is 5.97 Å². The minimum absolute atomic E-state index is 0.456. The van der Waals surface area contributed by atoms with Gasteiger partial charge in [-0.15, -0.1) is 0 Å². The Labute approximate surface area is 85.4 Å². The van der Waals surface area contributed by atoms with Crippen LogP contribution in [0.25, 0.3) is 0 Å². The largest absolute Gasteiger partial charge is 0.478 e. The maximum Gasteiger partial charge on any atom is 0.338 e. The van der Waals surface area contributed by atoms with Crippen LogP contribution in [0.2, 0.25) is 0 Å². The molecule has 0 aliphatic carbocycles. The number of hydrogen-bond acceptors (Lipinski definition) is 3. The molecule has 7 heteroatoms. The SMILES string of the molecule is O=C(O)c1ccc([N+](=O)[O-])c(Br)c1F. The molecule has 74 valence electrons. The van der Waals surface area contributed by atoms with Crippen LogP contribution in [0, 0.1) is 15.9 Å². The smallest absolute Gasteiger partial charge is 0.338 e. The maximum atomic E-state index is 13.1. The molecule has 0 unspecified atom stereocenters. The van der Waals surface area contributed by atoms with Crippen molar-refractivity contribution in [2.75, 3.05) is 0 Å². The van der Waals surface area contributed by atoms with E-state index in [1.54, 1.807) is 0 Å². The summed E-state index contributed by atoms with van der Waals surface area (Å²) in [6.45, 7) is 0. The summed E-state index contributed by atoms with van der Waals surface area (Å²) in [7, 11) is 0. The molecule has 1 aromatic carbocycles. The molecule has 0 radical (unpaired) electrons. The molecule has 0 fully saturated rings. The fraction of sp³-hybridized carbons (Fsp3) is 0. The first-order chi connectivity index (χ1) is 6.45. The molecule has 0 amide bonds. The topological polar surface area (TPSA) is 80.4 Å². The summed E-state index contributed by atoms with van der Waals surface area (Å²) in [6.07, 6.45) is 0. The standard InChI is InChI=1S/C7H3BrFNO4/c8-5-4(10(13)14)2-1-3(6(5)9)7(11)12/h1-2H,(H,11,12). The predicted octanol–water partition coefficient (Wildman–Crippen LogP) is 2.19. The van der Waals surface area contributed by atoms with Gasteiger partial charge in [0.05, 0.1) is 10.5 Å². The first-order valence-electron chi connectivity index (χ1n) is 3.31. The lowest BCUT2D eigenvalue weighted by Gasteiger charge is -2.00. The van der Waals surface area contributed by atoms with E-state index in [0.29, 0.717) is 0 Å². The van der Waals surface area contributed by atoms with Crippen LogP contribution in [0.4, 0.5) is 10.1 Å². The number of carbonyl (C=O) groups is 1. The average Bonchev–Trinajstić information content (AvgIpc) is 2.08. The van der Waals surface area contributed by atoms with Gasteiger partial charge < -0.3 is 5.11 Å². The van der Waals surface area contributed by atoms with Gasteiger partial charge in [0.25, 0.3) is 5.69 Å². The quantitative estimate of drug-likeness (QED) is 0.655. The number of carboxylic acids is 1. The first-order valence-corrected chi connectivity index (χ1v) is 4.10. The van der Waals surface area contributed by atoms with Crippen molar-refractivity contribution in [2.45, 2.75) is 0 Å². The number of rotatable bonds is 2. The number of benzene rings is 1. The lowest BCUT2D eigenvalue weighted by molar-refractivity contribution is -0.385. The molecule has 0 atom stereocenters. The highest BCUT2D eigenvalue weighted by Crippen LogP contribution is 2.29. The minimum atomic E-state index is -1.47. The van der Waals surface area contributed by atoms with Crippen LogP contribution in [0.1, 0.15) is 10.4 Å². The van der Waals surface area contributed by atoms with Crippen LogP contribution in [0.5, 0.6) is 0 Å². The highest BCUT2D eigenvalue weighted by Gasteiger charge is 2.21. The zero-order chi connectivity index (χ0) is 10.9. The molecule has 0 saturated heterocycles. The van der Waals surface area contributed by atoms with Gasteiger partial charge in [-0.25, -0.2) is 9.18 Å². The van der Waals surface area contributed by atoms with Gasteiger partial charge in [0.15, 0.2) is 5.82 Å². The Morgan fingerprint density at radius 3 is 2.57 bits per heavy atom. The zero-order valence-corrected chi connectivity index (χ0v) is 8.12. The Balaban J connectivity index is 3.41. The molecule has 1 rings (SSSR count). The molecule has 0 spiro atoms. The highest BCUT2D eigenvalue weighted by molar-refractivity contribution is 9.10. The van der Waals surface area contributed by atoms with Gasteiger partial charge in [-0.1, -0.05) is 0 Å². The van der Waals surface area contributed by atoms with Crippen LogP contribution in [0.3, 0.4) is 0 Å². The van der Waals surface area contributed by atoms with Gasteiger partial charge in [0.2, 0.25) is 0 Å². The number of hydrogen-bond donors (Lipinski definition) is 1. The van der Waals surface area contributed by atoms with Gasteiger partial charge in [-0.3, -0.25) is 10.1 Å². The lowest BCUT2D eigenvalue weighted by atomic mass is 10.2. The summed E-state index contributed by atoms with van der Waals surface area (Å²) in [6, 6.07) is 1.77. The van der Waals surface area contributed by atoms with Crippen molar-refractivity contribution in [2.24, 2.45) is 0 Å². The van der Waals surface area contributed by atoms with Crippen molar-refractivity contribution in [1.29, 1.82) is 0 Å². The van der Waals surface area contributed by atoms with Crippen molar-refractivity contribution in [3.63, 3.8) is 0 Å². The summed E-state index contributed by atoms with van der Waals surface area (Å²) in [4.78, 5) is 19.9. The molecule has 14 heavy (non-hydrogen) atoms. The third kappa shape index (κ3) is 1.72. The monoisotopic (exact) mass is 263 g/mol. The second kappa shape index (κ2) is 3.70. The van der Waals surface area contributed by atoms with Gasteiger partial charge in [-0.2, -0.15) is 0 Å². The predicted molar refractivity (Wildman–Crippen MR) is 47.7 cm³/mol. The van der Waals surface area contributed by atoms with Crippen molar-refractivity contribution in [3.05, 3.63) is 38.1 Å². The second-order valence-corrected chi connectivity index (χ2v) is 3.12.